The number of ether oxygens (including phenoxy) is 1. The van der Waals surface area contributed by atoms with Crippen molar-refractivity contribution in [1.29, 1.82) is 0 Å². The Labute approximate surface area is 231 Å². The molecule has 1 aliphatic carbocycles. The number of nitrogens with zero attached hydrogens (tertiary/aromatic N) is 3. The van der Waals surface area contributed by atoms with E-state index in [4.69, 9.17) is 14.1 Å². The highest BCUT2D eigenvalue weighted by molar-refractivity contribution is 5.96. The number of rotatable bonds is 4. The highest BCUT2D eigenvalue weighted by Crippen LogP contribution is 2.46. The van der Waals surface area contributed by atoms with Crippen LogP contribution in [-0.2, 0) is 41.3 Å². The molecule has 41 heavy (non-hydrogen) atoms. The molecule has 2 aliphatic heterocycles. The summed E-state index contributed by atoms with van der Waals surface area (Å²) in [7, 11) is 0. The van der Waals surface area contributed by atoms with Gasteiger partial charge in [0.2, 0.25) is 5.89 Å². The molecule has 0 saturated carbocycles. The van der Waals surface area contributed by atoms with Gasteiger partial charge in [0, 0.05) is 22.6 Å². The van der Waals surface area contributed by atoms with E-state index in [2.05, 4.69) is 10.3 Å². The number of aliphatic hydroxyl groups is 2. The van der Waals surface area contributed by atoms with Gasteiger partial charge in [-0.3, -0.25) is 9.59 Å². The monoisotopic (exact) mass is 560 g/mol. The number of cyclic esters (lactones) is 1. The molecule has 0 fully saturated rings. The average molecular weight is 561 g/mol. The zero-order valence-electron chi connectivity index (χ0n) is 22.2. The molecule has 0 spiro atoms. The lowest BCUT2D eigenvalue weighted by Crippen LogP contribution is -2.44. The minimum atomic E-state index is -1.98. The number of benzene rings is 1. The fraction of sp³-hybridized carbons (Fsp3) is 0.345. The first-order valence-electron chi connectivity index (χ1n) is 13.3. The second-order valence-electron chi connectivity index (χ2n) is 10.7. The summed E-state index contributed by atoms with van der Waals surface area (Å²) in [6, 6.07) is 2.43. The van der Waals surface area contributed by atoms with Crippen molar-refractivity contribution in [3.63, 3.8) is 0 Å². The number of oxazole rings is 1. The van der Waals surface area contributed by atoms with E-state index in [1.165, 1.54) is 16.9 Å². The van der Waals surface area contributed by atoms with E-state index in [9.17, 15) is 24.6 Å². The van der Waals surface area contributed by atoms with Crippen LogP contribution in [-0.4, -0.2) is 36.6 Å². The lowest BCUT2D eigenvalue weighted by atomic mass is 9.81. The van der Waals surface area contributed by atoms with Gasteiger partial charge in [-0.25, -0.2) is 19.2 Å². The van der Waals surface area contributed by atoms with Crippen molar-refractivity contribution in [1.82, 2.24) is 19.9 Å². The molecule has 3 aromatic heterocycles. The van der Waals surface area contributed by atoms with Gasteiger partial charge < -0.3 is 29.3 Å². The van der Waals surface area contributed by atoms with Gasteiger partial charge in [-0.15, -0.1) is 0 Å². The van der Waals surface area contributed by atoms with E-state index in [-0.39, 0.29) is 42.3 Å². The lowest BCUT2D eigenvalue weighted by molar-refractivity contribution is -0.172. The molecule has 0 bridgehead atoms. The Morgan fingerprint density at radius 3 is 2.78 bits per heavy atom. The number of aryl methyl sites for hydroxylation is 1. The zero-order chi connectivity index (χ0) is 28.8. The molecule has 3 N–H and O–H groups in total. The predicted molar refractivity (Wildman–Crippen MR) is 140 cm³/mol. The van der Waals surface area contributed by atoms with Crippen LogP contribution in [0.1, 0.15) is 75.6 Å². The van der Waals surface area contributed by atoms with Crippen molar-refractivity contribution >= 4 is 22.8 Å². The molecule has 12 heteroatoms. The zero-order valence-corrected chi connectivity index (χ0v) is 22.2. The number of halogens is 1. The van der Waals surface area contributed by atoms with E-state index >= 15 is 4.39 Å². The molecule has 0 radical (unpaired) electrons. The molecular weight excluding hydrogens is 535 g/mol. The predicted octanol–water partition coefficient (Wildman–Crippen LogP) is 2.42. The number of fused-ring (bicyclic) bond motifs is 5. The molecule has 1 amide bonds. The maximum atomic E-state index is 15.1. The minimum absolute atomic E-state index is 0.00692. The summed E-state index contributed by atoms with van der Waals surface area (Å²) in [5.41, 5.74) is 1.90. The van der Waals surface area contributed by atoms with Crippen LogP contribution < -0.4 is 10.9 Å². The van der Waals surface area contributed by atoms with E-state index in [0.29, 0.717) is 40.9 Å². The molecule has 4 aromatic rings. The fourth-order valence-corrected chi connectivity index (χ4v) is 6.42. The van der Waals surface area contributed by atoms with Crippen LogP contribution in [0.5, 0.6) is 0 Å². The molecule has 2 atom stereocenters. The lowest BCUT2D eigenvalue weighted by Gasteiger charge is -2.31. The number of amides is 1. The normalized spacial score (nSPS) is 20.4. The van der Waals surface area contributed by atoms with Crippen LogP contribution in [0.15, 0.2) is 27.6 Å². The molecule has 1 aromatic carbocycles. The summed E-state index contributed by atoms with van der Waals surface area (Å²) in [6.07, 6.45) is 2.12. The first kappa shape index (κ1) is 25.5. The van der Waals surface area contributed by atoms with Crippen molar-refractivity contribution in [2.75, 3.05) is 0 Å². The number of pyridine rings is 2. The average Bonchev–Trinajstić information content (AvgIpc) is 3.60. The van der Waals surface area contributed by atoms with Crippen molar-refractivity contribution in [3.05, 3.63) is 79.5 Å². The highest BCUT2D eigenvalue weighted by atomic mass is 19.1. The number of esters is 1. The Bertz CT molecular complexity index is 1890. The Morgan fingerprint density at radius 2 is 2.05 bits per heavy atom. The number of carbonyl (C=O) groups excluding carboxylic acids is 2. The number of hydrogen-bond acceptors (Lipinski definition) is 9. The van der Waals surface area contributed by atoms with Crippen LogP contribution in [0.2, 0.25) is 0 Å². The molecular formula is C29H25FN4O7. The minimum Gasteiger partial charge on any atom is -0.458 e. The summed E-state index contributed by atoms with van der Waals surface area (Å²) >= 11 is 0. The van der Waals surface area contributed by atoms with Crippen molar-refractivity contribution in [2.24, 2.45) is 0 Å². The molecule has 11 nitrogen and oxygen atoms in total. The third-order valence-corrected chi connectivity index (χ3v) is 8.60. The van der Waals surface area contributed by atoms with E-state index in [0.717, 1.165) is 16.5 Å². The Kier molecular flexibility index (Phi) is 5.47. The van der Waals surface area contributed by atoms with Crippen molar-refractivity contribution < 1.29 is 33.3 Å². The number of hydrogen-bond donors (Lipinski definition) is 3. The van der Waals surface area contributed by atoms with Crippen LogP contribution in [0.3, 0.4) is 0 Å². The SMILES string of the molecule is CC[C@@]1(O)C(=O)OCc2c1cc1n(c2=O)Cc2c-1nc1cc(F)c(C)c3c1c2[C@@H](NC(=O)c1coc(CO)n1)CC3. The highest BCUT2D eigenvalue weighted by Gasteiger charge is 2.46. The summed E-state index contributed by atoms with van der Waals surface area (Å²) in [4.78, 5) is 48.2. The number of carbonyl (C=O) groups is 2. The molecule has 3 aliphatic rings. The standard InChI is InChI=1S/C29H25FN4O7/c1-3-29(39)16-6-21-25-14(8-34(21)27(37)15(16)10-41-28(29)38)24-18(33-26(36)20-11-40-22(9-35)31-20)5-4-13-12(2)17(30)7-19(32-25)23(13)24/h6-7,11,18,35,39H,3-5,8-10H2,1-2H3,(H,33,36)/t18-,29-/m0/s1. The molecule has 5 heterocycles. The van der Waals surface area contributed by atoms with Gasteiger partial charge in [-0.05, 0) is 48.9 Å². The maximum absolute atomic E-state index is 15.1. The van der Waals surface area contributed by atoms with Crippen LogP contribution in [0.25, 0.3) is 22.3 Å². The Hall–Kier alpha value is -4.42. The molecule has 0 saturated heterocycles. The van der Waals surface area contributed by atoms with Gasteiger partial charge in [-0.1, -0.05) is 6.92 Å². The first-order chi connectivity index (χ1) is 19.7. The summed E-state index contributed by atoms with van der Waals surface area (Å²) in [5.74, 6) is -1.72. The summed E-state index contributed by atoms with van der Waals surface area (Å²) in [5, 5.41) is 24.2. The fourth-order valence-electron chi connectivity index (χ4n) is 6.42. The largest absolute Gasteiger partial charge is 0.458 e. The van der Waals surface area contributed by atoms with E-state index in [1.807, 2.05) is 0 Å². The Morgan fingerprint density at radius 1 is 1.24 bits per heavy atom. The van der Waals surface area contributed by atoms with Gasteiger partial charge in [0.1, 0.15) is 25.3 Å². The number of aromatic nitrogens is 3. The first-order valence-corrected chi connectivity index (χ1v) is 13.3. The number of nitrogens with one attached hydrogen (secondary N) is 1. The summed E-state index contributed by atoms with van der Waals surface area (Å²) < 4.78 is 26.8. The quantitative estimate of drug-likeness (QED) is 0.281. The van der Waals surface area contributed by atoms with Gasteiger partial charge in [-0.2, -0.15) is 0 Å². The molecule has 7 rings (SSSR count). The summed E-state index contributed by atoms with van der Waals surface area (Å²) in [6.45, 7) is 2.77. The van der Waals surface area contributed by atoms with Crippen LogP contribution >= 0.6 is 0 Å². The smallest absolute Gasteiger partial charge is 0.343 e. The van der Waals surface area contributed by atoms with Gasteiger partial charge in [0.05, 0.1) is 35.1 Å². The van der Waals surface area contributed by atoms with Crippen molar-refractivity contribution in [2.45, 2.75) is 64.5 Å². The second-order valence-corrected chi connectivity index (χ2v) is 10.7. The van der Waals surface area contributed by atoms with Crippen LogP contribution in [0, 0.1) is 12.7 Å². The molecule has 0 unspecified atom stereocenters. The third-order valence-electron chi connectivity index (χ3n) is 8.60. The second kappa shape index (κ2) is 8.79. The van der Waals surface area contributed by atoms with Crippen molar-refractivity contribution in [3.8, 4) is 11.4 Å². The molecule has 210 valence electrons. The van der Waals surface area contributed by atoms with Gasteiger partial charge >= 0.3 is 5.97 Å². The van der Waals surface area contributed by atoms with E-state index < -0.39 is 41.5 Å². The van der Waals surface area contributed by atoms with Gasteiger partial charge in [0.15, 0.2) is 11.3 Å². The van der Waals surface area contributed by atoms with E-state index in [1.54, 1.807) is 19.9 Å². The van der Waals surface area contributed by atoms with Crippen LogP contribution in [0.4, 0.5) is 4.39 Å². The van der Waals surface area contributed by atoms with Gasteiger partial charge in [0.25, 0.3) is 11.5 Å². The number of aliphatic hydroxyl groups excluding tert-OH is 1. The third kappa shape index (κ3) is 3.47. The Balaban J connectivity index is 1.44. The maximum Gasteiger partial charge on any atom is 0.343 e. The topological polar surface area (TPSA) is 157 Å².